The third-order valence-electron chi connectivity index (χ3n) is 7.65. The van der Waals surface area contributed by atoms with E-state index in [0.717, 1.165) is 25.2 Å². The van der Waals surface area contributed by atoms with Crippen molar-refractivity contribution in [3.05, 3.63) is 35.9 Å². The van der Waals surface area contributed by atoms with E-state index in [1.807, 2.05) is 30.3 Å². The van der Waals surface area contributed by atoms with Crippen molar-refractivity contribution in [2.75, 3.05) is 72.1 Å². The van der Waals surface area contributed by atoms with Gasteiger partial charge < -0.3 is 20.3 Å². The number of amides is 1. The first-order valence-corrected chi connectivity index (χ1v) is 15.1. The van der Waals surface area contributed by atoms with E-state index in [1.165, 1.54) is 117 Å². The van der Waals surface area contributed by atoms with E-state index in [2.05, 4.69) is 25.3 Å². The standard InChI is InChI=1S/C30H53N5O2.BrH/c36-30(37-27-29-15-8-7-9-16-29)32-18-10-5-3-1-2-4-6-12-20-33-21-13-11-17-31-19-24-34-22-14-23-35(28-34)26-25-33;/h7-9,15-16,31H,1-6,10-14,17-28H2,(H,32,36);1H. The summed E-state index contributed by atoms with van der Waals surface area (Å²) in [6.07, 6.45) is 13.8. The highest BCUT2D eigenvalue weighted by Gasteiger charge is 2.18. The number of hydrogen-bond donors (Lipinski definition) is 2. The molecule has 2 atom stereocenters. The smallest absolute Gasteiger partial charge is 0.407 e. The summed E-state index contributed by atoms with van der Waals surface area (Å²) < 4.78 is 5.25. The van der Waals surface area contributed by atoms with Gasteiger partial charge in [0.25, 0.3) is 0 Å². The first-order valence-electron chi connectivity index (χ1n) is 15.1. The predicted molar refractivity (Wildman–Crippen MR) is 163 cm³/mol. The molecule has 0 radical (unpaired) electrons. The Labute approximate surface area is 242 Å². The SMILES string of the molecule is Br.O=C(NCCCCCCCCCCN1CCCCNCCN2CCCN(CC1)C2)OCc1ccccc1. The van der Waals surface area contributed by atoms with Crippen molar-refractivity contribution in [1.29, 1.82) is 0 Å². The average Bonchev–Trinajstić information content (AvgIpc) is 2.94. The Kier molecular flexibility index (Phi) is 18.8. The normalized spacial score (nSPS) is 21.3. The van der Waals surface area contributed by atoms with Crippen LogP contribution in [0.4, 0.5) is 4.79 Å². The monoisotopic (exact) mass is 595 g/mol. The highest BCUT2D eigenvalue weighted by molar-refractivity contribution is 8.93. The second kappa shape index (κ2) is 21.6. The van der Waals surface area contributed by atoms with Crippen LogP contribution >= 0.6 is 17.0 Å². The van der Waals surface area contributed by atoms with Crippen molar-refractivity contribution >= 4 is 23.1 Å². The van der Waals surface area contributed by atoms with Crippen LogP contribution in [0.2, 0.25) is 0 Å². The van der Waals surface area contributed by atoms with E-state index in [9.17, 15) is 4.79 Å². The number of benzene rings is 1. The zero-order valence-electron chi connectivity index (χ0n) is 23.7. The molecule has 2 N–H and O–H groups in total. The van der Waals surface area contributed by atoms with Crippen molar-refractivity contribution in [2.24, 2.45) is 0 Å². The van der Waals surface area contributed by atoms with Crippen molar-refractivity contribution < 1.29 is 9.53 Å². The topological polar surface area (TPSA) is 60.1 Å². The third-order valence-corrected chi connectivity index (χ3v) is 7.65. The summed E-state index contributed by atoms with van der Waals surface area (Å²) >= 11 is 0. The van der Waals surface area contributed by atoms with Crippen molar-refractivity contribution in [3.8, 4) is 0 Å². The predicted octanol–water partition coefficient (Wildman–Crippen LogP) is 5.26. The number of nitrogens with one attached hydrogen (secondary N) is 2. The number of halogens is 1. The van der Waals surface area contributed by atoms with Crippen molar-refractivity contribution in [2.45, 2.75) is 77.2 Å². The molecule has 2 aliphatic heterocycles. The largest absolute Gasteiger partial charge is 0.445 e. The summed E-state index contributed by atoms with van der Waals surface area (Å²) in [6, 6.07) is 9.80. The molecular formula is C30H54BrN5O2. The Morgan fingerprint density at radius 3 is 2.26 bits per heavy atom. The minimum absolute atomic E-state index is 0. The van der Waals surface area contributed by atoms with E-state index in [1.54, 1.807) is 0 Å². The van der Waals surface area contributed by atoms with Crippen LogP contribution in [0, 0.1) is 0 Å². The lowest BCUT2D eigenvalue weighted by Gasteiger charge is -2.36. The minimum Gasteiger partial charge on any atom is -0.445 e. The van der Waals surface area contributed by atoms with Crippen LogP contribution in [-0.2, 0) is 11.3 Å². The Morgan fingerprint density at radius 2 is 1.47 bits per heavy atom. The number of carbonyl (C=O) groups is 1. The van der Waals surface area contributed by atoms with E-state index >= 15 is 0 Å². The second-order valence-corrected chi connectivity index (χ2v) is 10.8. The van der Waals surface area contributed by atoms with Gasteiger partial charge in [0.2, 0.25) is 0 Å². The molecule has 0 spiro atoms. The Hall–Kier alpha value is -1.19. The fraction of sp³-hybridized carbons (Fsp3) is 0.767. The van der Waals surface area contributed by atoms with Gasteiger partial charge in [-0.25, -0.2) is 4.79 Å². The van der Waals surface area contributed by atoms with E-state index in [4.69, 9.17) is 4.74 Å². The van der Waals surface area contributed by atoms with Gasteiger partial charge in [0, 0.05) is 45.8 Å². The summed E-state index contributed by atoms with van der Waals surface area (Å²) in [5.74, 6) is 0. The lowest BCUT2D eigenvalue weighted by Crippen LogP contribution is -2.48. The molecule has 0 aromatic heterocycles. The molecule has 218 valence electrons. The number of nitrogens with zero attached hydrogens (tertiary/aromatic N) is 3. The molecule has 3 rings (SSSR count). The Bertz CT molecular complexity index is 711. The van der Waals surface area contributed by atoms with Crippen LogP contribution in [0.5, 0.6) is 0 Å². The van der Waals surface area contributed by atoms with Gasteiger partial charge in [-0.3, -0.25) is 9.80 Å². The zero-order valence-corrected chi connectivity index (χ0v) is 25.4. The van der Waals surface area contributed by atoms with Crippen LogP contribution in [0.15, 0.2) is 30.3 Å². The molecule has 2 fully saturated rings. The lowest BCUT2D eigenvalue weighted by atomic mass is 10.1. The molecule has 2 heterocycles. The molecule has 8 heteroatoms. The first-order chi connectivity index (χ1) is 18.3. The zero-order chi connectivity index (χ0) is 25.8. The molecule has 1 aromatic rings. The third kappa shape index (κ3) is 15.4. The molecular weight excluding hydrogens is 542 g/mol. The molecule has 2 aliphatic rings. The first kappa shape index (κ1) is 33.0. The van der Waals surface area contributed by atoms with Crippen LogP contribution in [-0.4, -0.2) is 92.9 Å². The maximum Gasteiger partial charge on any atom is 0.407 e. The summed E-state index contributed by atoms with van der Waals surface area (Å²) in [7, 11) is 0. The highest BCUT2D eigenvalue weighted by atomic mass is 79.9. The number of fused-ring (bicyclic) bond motifs is 2. The van der Waals surface area contributed by atoms with Gasteiger partial charge in [0.1, 0.15) is 6.61 Å². The summed E-state index contributed by atoms with van der Waals surface area (Å²) in [5, 5.41) is 6.51. The molecule has 38 heavy (non-hydrogen) atoms. The van der Waals surface area contributed by atoms with Crippen LogP contribution < -0.4 is 10.6 Å². The van der Waals surface area contributed by atoms with Gasteiger partial charge in [0.05, 0.1) is 6.67 Å². The summed E-state index contributed by atoms with van der Waals surface area (Å²) in [5.41, 5.74) is 1.02. The maximum atomic E-state index is 11.8. The number of unbranched alkanes of at least 4 members (excludes halogenated alkanes) is 7. The summed E-state index contributed by atoms with van der Waals surface area (Å²) in [6.45, 7) is 13.2. The maximum absolute atomic E-state index is 11.8. The fourth-order valence-electron chi connectivity index (χ4n) is 5.36. The molecule has 0 aliphatic carbocycles. The number of rotatable bonds is 13. The minimum atomic E-state index is -0.314. The van der Waals surface area contributed by atoms with E-state index in [0.29, 0.717) is 13.2 Å². The Morgan fingerprint density at radius 1 is 0.763 bits per heavy atom. The second-order valence-electron chi connectivity index (χ2n) is 10.8. The van der Waals surface area contributed by atoms with Crippen LogP contribution in [0.3, 0.4) is 0 Å². The number of hydrogen-bond acceptors (Lipinski definition) is 6. The van der Waals surface area contributed by atoms with Gasteiger partial charge in [-0.05, 0) is 57.3 Å². The highest BCUT2D eigenvalue weighted by Crippen LogP contribution is 2.11. The fourth-order valence-corrected chi connectivity index (χ4v) is 5.36. The molecule has 1 amide bonds. The molecule has 7 nitrogen and oxygen atoms in total. The lowest BCUT2D eigenvalue weighted by molar-refractivity contribution is 0.0772. The molecule has 1 aromatic carbocycles. The van der Waals surface area contributed by atoms with Crippen LogP contribution in [0.25, 0.3) is 0 Å². The number of carbonyl (C=O) groups excluding carboxylic acids is 1. The van der Waals surface area contributed by atoms with Crippen molar-refractivity contribution in [3.63, 3.8) is 0 Å². The number of ether oxygens (including phenoxy) is 1. The van der Waals surface area contributed by atoms with Gasteiger partial charge in [-0.2, -0.15) is 0 Å². The molecule has 2 unspecified atom stereocenters. The molecule has 0 saturated carbocycles. The van der Waals surface area contributed by atoms with Gasteiger partial charge in [0.15, 0.2) is 0 Å². The van der Waals surface area contributed by atoms with Crippen LogP contribution in [0.1, 0.15) is 76.2 Å². The van der Waals surface area contributed by atoms with Gasteiger partial charge in [-0.1, -0.05) is 68.9 Å². The van der Waals surface area contributed by atoms with E-state index < -0.39 is 0 Å². The molecule has 2 saturated heterocycles. The van der Waals surface area contributed by atoms with Crippen molar-refractivity contribution in [1.82, 2.24) is 25.3 Å². The quantitative estimate of drug-likeness (QED) is 0.303. The van der Waals surface area contributed by atoms with Gasteiger partial charge >= 0.3 is 6.09 Å². The molecule has 2 bridgehead atoms. The van der Waals surface area contributed by atoms with Gasteiger partial charge in [-0.15, -0.1) is 17.0 Å². The average molecular weight is 597 g/mol. The number of alkyl carbamates (subject to hydrolysis) is 1. The van der Waals surface area contributed by atoms with E-state index in [-0.39, 0.29) is 23.1 Å². The summed E-state index contributed by atoms with van der Waals surface area (Å²) in [4.78, 5) is 19.8. The Balaban J connectivity index is 0.00000507.